The molecule has 0 saturated heterocycles. The van der Waals surface area contributed by atoms with Crippen LogP contribution in [-0.4, -0.2) is 32.3 Å². The molecular formula is C11H12F4N2O2S2. The van der Waals surface area contributed by atoms with Gasteiger partial charge in [-0.15, -0.1) is 0 Å². The third-order valence-corrected chi connectivity index (χ3v) is 4.36. The molecule has 0 atom stereocenters. The topological polar surface area (TPSA) is 72.2 Å². The third-order valence-electron chi connectivity index (χ3n) is 2.58. The Morgan fingerprint density at radius 3 is 2.48 bits per heavy atom. The molecule has 21 heavy (non-hydrogen) atoms. The molecule has 1 aromatic carbocycles. The van der Waals surface area contributed by atoms with E-state index in [4.69, 9.17) is 5.73 Å². The molecule has 0 aliphatic heterocycles. The van der Waals surface area contributed by atoms with Crippen molar-refractivity contribution < 1.29 is 26.0 Å². The summed E-state index contributed by atoms with van der Waals surface area (Å²) in [6, 6.07) is 3.94. The fourth-order valence-corrected chi connectivity index (χ4v) is 2.83. The van der Waals surface area contributed by atoms with Crippen LogP contribution in [0, 0.1) is 6.92 Å². The minimum Gasteiger partial charge on any atom is -0.389 e. The first-order chi connectivity index (χ1) is 9.47. The van der Waals surface area contributed by atoms with E-state index in [9.17, 15) is 26.0 Å². The van der Waals surface area contributed by atoms with Gasteiger partial charge in [-0.2, -0.15) is 8.78 Å². The van der Waals surface area contributed by atoms with Gasteiger partial charge in [-0.05, 0) is 18.6 Å². The summed E-state index contributed by atoms with van der Waals surface area (Å²) in [7, 11) is -4.39. The molecule has 0 fully saturated rings. The molecule has 1 aromatic rings. The Hall–Kier alpha value is -1.26. The first-order valence-corrected chi connectivity index (χ1v) is 7.42. The fraction of sp³-hybridized carbons (Fsp3) is 0.364. The number of alkyl halides is 4. The summed E-state index contributed by atoms with van der Waals surface area (Å²) in [6.07, 6.45) is -3.97. The molecule has 0 saturated carbocycles. The number of hydrogen-bond acceptors (Lipinski definition) is 3. The lowest BCUT2D eigenvalue weighted by Crippen LogP contribution is -2.41. The van der Waals surface area contributed by atoms with Gasteiger partial charge in [-0.25, -0.2) is 21.9 Å². The van der Waals surface area contributed by atoms with E-state index in [1.54, 1.807) is 0 Å². The summed E-state index contributed by atoms with van der Waals surface area (Å²) in [4.78, 5) is -0.428. The number of hydrogen-bond donors (Lipinski definition) is 2. The van der Waals surface area contributed by atoms with Crippen LogP contribution < -0.4 is 10.5 Å². The van der Waals surface area contributed by atoms with Gasteiger partial charge in [-0.1, -0.05) is 24.4 Å². The zero-order chi connectivity index (χ0) is 16.4. The van der Waals surface area contributed by atoms with Crippen molar-refractivity contribution in [1.82, 2.24) is 4.72 Å². The lowest BCUT2D eigenvalue weighted by atomic mass is 10.1. The van der Waals surface area contributed by atoms with E-state index in [0.29, 0.717) is 0 Å². The molecule has 10 heteroatoms. The molecule has 0 aromatic heterocycles. The van der Waals surface area contributed by atoms with Crippen LogP contribution in [0.1, 0.15) is 11.1 Å². The molecule has 0 aliphatic carbocycles. The van der Waals surface area contributed by atoms with Gasteiger partial charge in [0.1, 0.15) is 4.99 Å². The lowest BCUT2D eigenvalue weighted by molar-refractivity contribution is -0.122. The molecule has 1 rings (SSSR count). The molecule has 0 radical (unpaired) electrons. The number of thiocarbonyl (C=S) groups is 1. The largest absolute Gasteiger partial charge is 0.389 e. The quantitative estimate of drug-likeness (QED) is 0.610. The zero-order valence-electron chi connectivity index (χ0n) is 10.7. The van der Waals surface area contributed by atoms with Crippen LogP contribution in [0.3, 0.4) is 0 Å². The van der Waals surface area contributed by atoms with Gasteiger partial charge in [0.2, 0.25) is 10.0 Å². The highest BCUT2D eigenvalue weighted by molar-refractivity contribution is 7.89. The summed E-state index contributed by atoms with van der Waals surface area (Å²) in [5, 5.41) is 0. The minimum atomic E-state index is -4.46. The van der Waals surface area contributed by atoms with Gasteiger partial charge in [0.05, 0.1) is 11.4 Å². The van der Waals surface area contributed by atoms with Crippen LogP contribution in [0.4, 0.5) is 17.6 Å². The van der Waals surface area contributed by atoms with Gasteiger partial charge in [0, 0.05) is 5.56 Å². The Morgan fingerprint density at radius 1 is 1.43 bits per heavy atom. The Labute approximate surface area is 124 Å². The summed E-state index contributed by atoms with van der Waals surface area (Å²) in [6.45, 7) is -0.285. The second-order valence-corrected chi connectivity index (χ2v) is 6.41. The maximum Gasteiger partial charge on any atom is 0.320 e. The van der Waals surface area contributed by atoms with Crippen LogP contribution in [0.2, 0.25) is 0 Å². The number of benzene rings is 1. The number of nitrogens with one attached hydrogen (secondary N) is 1. The molecular weight excluding hydrogens is 332 g/mol. The molecule has 0 aliphatic rings. The Balaban J connectivity index is 3.09. The van der Waals surface area contributed by atoms with Crippen LogP contribution in [0.25, 0.3) is 0 Å². The Kier molecular flexibility index (Phi) is 5.29. The lowest BCUT2D eigenvalue weighted by Gasteiger charge is -2.17. The fourth-order valence-electron chi connectivity index (χ4n) is 1.39. The Bertz CT molecular complexity index is 648. The average molecular weight is 344 g/mol. The van der Waals surface area contributed by atoms with E-state index in [1.165, 1.54) is 23.8 Å². The van der Waals surface area contributed by atoms with E-state index in [2.05, 4.69) is 12.2 Å². The highest BCUT2D eigenvalue weighted by Crippen LogP contribution is 2.23. The number of rotatable bonds is 6. The van der Waals surface area contributed by atoms with Crippen molar-refractivity contribution in [2.75, 3.05) is 6.54 Å². The predicted octanol–water partition coefficient (Wildman–Crippen LogP) is 1.81. The van der Waals surface area contributed by atoms with Crippen LogP contribution in [0.5, 0.6) is 0 Å². The third kappa shape index (κ3) is 4.35. The van der Waals surface area contributed by atoms with E-state index >= 15 is 0 Å². The van der Waals surface area contributed by atoms with Gasteiger partial charge < -0.3 is 5.73 Å². The van der Waals surface area contributed by atoms with Gasteiger partial charge in [-0.3, -0.25) is 0 Å². The number of aryl methyl sites for hydroxylation is 1. The summed E-state index contributed by atoms with van der Waals surface area (Å²) < 4.78 is 74.9. The van der Waals surface area contributed by atoms with E-state index in [1.807, 2.05) is 0 Å². The standard InChI is InChI=1S/C11H12F4N2O2S2/c1-6-2-3-7(9(16)20)4-8(6)21(18,19)17-5-11(14,15)10(12)13/h2-4,10,17H,5H2,1H3,(H2,16,20). The van der Waals surface area contributed by atoms with Crippen molar-refractivity contribution in [2.24, 2.45) is 5.73 Å². The maximum atomic E-state index is 12.8. The normalized spacial score (nSPS) is 12.7. The van der Waals surface area contributed by atoms with Gasteiger partial charge in [0.25, 0.3) is 0 Å². The number of nitrogens with two attached hydrogens (primary N) is 1. The van der Waals surface area contributed by atoms with Crippen molar-refractivity contribution in [3.8, 4) is 0 Å². The first-order valence-electron chi connectivity index (χ1n) is 5.53. The summed E-state index contributed by atoms with van der Waals surface area (Å²) in [5.41, 5.74) is 5.81. The number of halogens is 4. The molecule has 0 bridgehead atoms. The minimum absolute atomic E-state index is 0.0793. The molecule has 118 valence electrons. The smallest absolute Gasteiger partial charge is 0.320 e. The second-order valence-electron chi connectivity index (χ2n) is 4.23. The highest BCUT2D eigenvalue weighted by Gasteiger charge is 2.41. The monoisotopic (exact) mass is 344 g/mol. The van der Waals surface area contributed by atoms with Crippen molar-refractivity contribution in [2.45, 2.75) is 24.2 Å². The molecule has 3 N–H and O–H groups in total. The molecule has 0 unspecified atom stereocenters. The highest BCUT2D eigenvalue weighted by atomic mass is 32.2. The van der Waals surface area contributed by atoms with Crippen molar-refractivity contribution in [3.63, 3.8) is 0 Å². The second kappa shape index (κ2) is 6.24. The van der Waals surface area contributed by atoms with Crippen LogP contribution in [-0.2, 0) is 10.0 Å². The first kappa shape index (κ1) is 17.8. The molecule has 0 spiro atoms. The van der Waals surface area contributed by atoms with E-state index < -0.39 is 28.9 Å². The molecule has 0 amide bonds. The number of sulfonamides is 1. The zero-order valence-corrected chi connectivity index (χ0v) is 12.4. The van der Waals surface area contributed by atoms with Gasteiger partial charge >= 0.3 is 12.3 Å². The van der Waals surface area contributed by atoms with E-state index in [0.717, 1.165) is 6.07 Å². The van der Waals surface area contributed by atoms with Crippen molar-refractivity contribution in [3.05, 3.63) is 29.3 Å². The van der Waals surface area contributed by atoms with Crippen molar-refractivity contribution in [1.29, 1.82) is 0 Å². The maximum absolute atomic E-state index is 12.8. The summed E-state index contributed by atoms with van der Waals surface area (Å²) >= 11 is 4.69. The molecule has 4 nitrogen and oxygen atoms in total. The van der Waals surface area contributed by atoms with Crippen LogP contribution >= 0.6 is 12.2 Å². The summed E-state index contributed by atoms with van der Waals surface area (Å²) in [5.74, 6) is -4.46. The SMILES string of the molecule is Cc1ccc(C(N)=S)cc1S(=O)(=O)NCC(F)(F)C(F)F. The van der Waals surface area contributed by atoms with Crippen LogP contribution in [0.15, 0.2) is 23.1 Å². The molecule has 0 heterocycles. The van der Waals surface area contributed by atoms with Crippen molar-refractivity contribution >= 4 is 27.2 Å². The predicted molar refractivity (Wildman–Crippen MR) is 73.2 cm³/mol. The average Bonchev–Trinajstić information content (AvgIpc) is 2.36. The van der Waals surface area contributed by atoms with Gasteiger partial charge in [0.15, 0.2) is 0 Å². The Morgan fingerprint density at radius 2 is 2.00 bits per heavy atom. The van der Waals surface area contributed by atoms with E-state index in [-0.39, 0.29) is 21.0 Å².